The van der Waals surface area contributed by atoms with Gasteiger partial charge in [-0.2, -0.15) is 0 Å². The van der Waals surface area contributed by atoms with Crippen LogP contribution in [0, 0.1) is 11.6 Å². The largest absolute Gasteiger partial charge is 0.323 e. The number of urea groups is 1. The molecule has 0 bridgehead atoms. The van der Waals surface area contributed by atoms with E-state index in [4.69, 9.17) is 0 Å². The summed E-state index contributed by atoms with van der Waals surface area (Å²) in [6, 6.07) is 22.9. The molecule has 5 rings (SSSR count). The topological polar surface area (TPSA) is 37.3 Å². The van der Waals surface area contributed by atoms with E-state index in [1.54, 1.807) is 29.2 Å². The number of carbonyl (C=O) groups excluding carboxylic acids is 1. The number of nitrogens with zero attached hydrogens (tertiary/aromatic N) is 2. The molecule has 0 radical (unpaired) electrons. The Morgan fingerprint density at radius 2 is 1.61 bits per heavy atom. The van der Waals surface area contributed by atoms with E-state index in [9.17, 15) is 13.6 Å². The summed E-state index contributed by atoms with van der Waals surface area (Å²) in [5.41, 5.74) is 3.65. The molecule has 3 aromatic carbocycles. The molecule has 0 unspecified atom stereocenters. The Bertz CT molecular complexity index is 1250. The Hall–Kier alpha value is -3.93. The third-order valence-corrected chi connectivity index (χ3v) is 5.53. The fourth-order valence-corrected chi connectivity index (χ4v) is 4.08. The molecule has 154 valence electrons. The zero-order valence-corrected chi connectivity index (χ0v) is 16.5. The molecule has 2 heterocycles. The van der Waals surface area contributed by atoms with Gasteiger partial charge in [-0.05, 0) is 53.6 Å². The van der Waals surface area contributed by atoms with Crippen LogP contribution in [-0.4, -0.2) is 15.5 Å². The molecule has 4 aromatic rings. The highest BCUT2D eigenvalue weighted by molar-refractivity contribution is 5.90. The van der Waals surface area contributed by atoms with Gasteiger partial charge in [0.1, 0.15) is 11.6 Å². The fourth-order valence-electron chi connectivity index (χ4n) is 4.08. The molecule has 0 fully saturated rings. The molecular formula is C25H19F2N3O. The number of hydrogen-bond acceptors (Lipinski definition) is 1. The number of halogens is 2. The van der Waals surface area contributed by atoms with Gasteiger partial charge in [-0.1, -0.05) is 42.5 Å². The molecule has 1 atom stereocenters. The van der Waals surface area contributed by atoms with Crippen molar-refractivity contribution in [1.29, 1.82) is 0 Å². The van der Waals surface area contributed by atoms with Crippen molar-refractivity contribution in [3.8, 4) is 5.69 Å². The normalized spacial score (nSPS) is 15.0. The Balaban J connectivity index is 1.64. The van der Waals surface area contributed by atoms with Crippen molar-refractivity contribution in [2.45, 2.75) is 12.6 Å². The number of amides is 2. The van der Waals surface area contributed by atoms with Crippen LogP contribution in [0.2, 0.25) is 0 Å². The third-order valence-electron chi connectivity index (χ3n) is 5.53. The first-order chi connectivity index (χ1) is 15.1. The van der Waals surface area contributed by atoms with Crippen molar-refractivity contribution in [3.05, 3.63) is 120 Å². The average molecular weight is 415 g/mol. The predicted octanol–water partition coefficient (Wildman–Crippen LogP) is 5.89. The van der Waals surface area contributed by atoms with Crippen molar-refractivity contribution < 1.29 is 13.6 Å². The van der Waals surface area contributed by atoms with Crippen LogP contribution in [0.25, 0.3) is 5.69 Å². The second-order valence-corrected chi connectivity index (χ2v) is 7.42. The molecule has 1 aromatic heterocycles. The molecular weight excluding hydrogens is 396 g/mol. The maximum Gasteiger partial charge on any atom is 0.323 e. The Morgan fingerprint density at radius 3 is 2.42 bits per heavy atom. The van der Waals surface area contributed by atoms with Gasteiger partial charge in [-0.3, -0.25) is 0 Å². The molecule has 0 saturated heterocycles. The van der Waals surface area contributed by atoms with Crippen LogP contribution >= 0.6 is 0 Å². The van der Waals surface area contributed by atoms with Gasteiger partial charge in [0.2, 0.25) is 0 Å². The zero-order chi connectivity index (χ0) is 21.4. The highest BCUT2D eigenvalue weighted by Crippen LogP contribution is 2.37. The van der Waals surface area contributed by atoms with E-state index < -0.39 is 17.9 Å². The number of carbonyl (C=O) groups is 1. The number of para-hydroxylation sites is 2. The summed E-state index contributed by atoms with van der Waals surface area (Å²) >= 11 is 0. The van der Waals surface area contributed by atoms with E-state index in [2.05, 4.69) is 5.32 Å². The summed E-state index contributed by atoms with van der Waals surface area (Å²) in [6.45, 7) is 0.306. The molecule has 1 aliphatic heterocycles. The summed E-state index contributed by atoms with van der Waals surface area (Å²) in [4.78, 5) is 15.1. The number of hydrogen-bond donors (Lipinski definition) is 1. The molecule has 4 nitrogen and oxygen atoms in total. The van der Waals surface area contributed by atoms with Crippen molar-refractivity contribution >= 4 is 11.7 Å². The van der Waals surface area contributed by atoms with E-state index >= 15 is 0 Å². The molecule has 0 spiro atoms. The van der Waals surface area contributed by atoms with Crippen molar-refractivity contribution in [3.63, 3.8) is 0 Å². The summed E-state index contributed by atoms with van der Waals surface area (Å²) in [5.74, 6) is -0.855. The average Bonchev–Trinajstić information content (AvgIpc) is 3.20. The summed E-state index contributed by atoms with van der Waals surface area (Å²) in [5, 5.41) is 2.70. The zero-order valence-electron chi connectivity index (χ0n) is 16.5. The standard InChI is InChI=1S/C25H19F2N3O/c26-19-13-11-17(12-14-19)24-23-10-5-15-29(23)22-9-4-1-6-18(22)16-30(24)25(31)28-21-8-3-2-7-20(21)27/h1-15,24H,16H2,(H,28,31)/t24-/m1/s1. The molecule has 1 aliphatic rings. The van der Waals surface area contributed by atoms with Gasteiger partial charge in [0, 0.05) is 11.9 Å². The predicted molar refractivity (Wildman–Crippen MR) is 115 cm³/mol. The van der Waals surface area contributed by atoms with Crippen LogP contribution in [0.15, 0.2) is 91.1 Å². The van der Waals surface area contributed by atoms with Crippen molar-refractivity contribution in [2.75, 3.05) is 5.32 Å². The van der Waals surface area contributed by atoms with Crippen LogP contribution in [0.4, 0.5) is 19.3 Å². The van der Waals surface area contributed by atoms with Gasteiger partial charge in [0.25, 0.3) is 0 Å². The van der Waals surface area contributed by atoms with E-state index in [1.807, 2.05) is 47.2 Å². The fraction of sp³-hybridized carbons (Fsp3) is 0.0800. The summed E-state index contributed by atoms with van der Waals surface area (Å²) < 4.78 is 29.9. The Labute approximate surface area is 178 Å². The molecule has 2 amide bonds. The number of fused-ring (bicyclic) bond motifs is 3. The minimum Gasteiger partial charge on any atom is -0.318 e. The molecule has 0 aliphatic carbocycles. The minimum atomic E-state index is -0.507. The minimum absolute atomic E-state index is 0.110. The first-order valence-corrected chi connectivity index (χ1v) is 9.95. The number of aromatic nitrogens is 1. The lowest BCUT2D eigenvalue weighted by atomic mass is 10.0. The maximum absolute atomic E-state index is 14.2. The van der Waals surface area contributed by atoms with Gasteiger partial charge in [0.05, 0.1) is 24.0 Å². The van der Waals surface area contributed by atoms with Crippen molar-refractivity contribution in [1.82, 2.24) is 9.47 Å². The van der Waals surface area contributed by atoms with E-state index in [0.29, 0.717) is 6.54 Å². The van der Waals surface area contributed by atoms with Crippen LogP contribution in [-0.2, 0) is 6.54 Å². The number of nitrogens with one attached hydrogen (secondary N) is 1. The first kappa shape index (κ1) is 19.1. The lowest BCUT2D eigenvalue weighted by molar-refractivity contribution is 0.194. The quantitative estimate of drug-likeness (QED) is 0.435. The van der Waals surface area contributed by atoms with Gasteiger partial charge < -0.3 is 14.8 Å². The number of benzene rings is 3. The molecule has 31 heavy (non-hydrogen) atoms. The van der Waals surface area contributed by atoms with Gasteiger partial charge in [-0.25, -0.2) is 13.6 Å². The van der Waals surface area contributed by atoms with Crippen LogP contribution < -0.4 is 5.32 Å². The lowest BCUT2D eigenvalue weighted by Gasteiger charge is -2.31. The Morgan fingerprint density at radius 1 is 0.871 bits per heavy atom. The van der Waals surface area contributed by atoms with Crippen LogP contribution in [0.1, 0.15) is 22.9 Å². The monoisotopic (exact) mass is 415 g/mol. The van der Waals surface area contributed by atoms with Gasteiger partial charge in [0.15, 0.2) is 0 Å². The first-order valence-electron chi connectivity index (χ1n) is 9.95. The van der Waals surface area contributed by atoms with E-state index in [0.717, 1.165) is 22.5 Å². The van der Waals surface area contributed by atoms with E-state index in [-0.39, 0.29) is 11.5 Å². The SMILES string of the molecule is O=C(Nc1ccccc1F)N1Cc2ccccc2-n2cccc2[C@H]1c1ccc(F)cc1. The van der Waals surface area contributed by atoms with Gasteiger partial charge >= 0.3 is 6.03 Å². The van der Waals surface area contributed by atoms with Crippen LogP contribution in [0.5, 0.6) is 0 Å². The number of rotatable bonds is 2. The molecule has 0 saturated carbocycles. The molecule has 1 N–H and O–H groups in total. The van der Waals surface area contributed by atoms with Crippen molar-refractivity contribution in [2.24, 2.45) is 0 Å². The summed E-state index contributed by atoms with van der Waals surface area (Å²) in [7, 11) is 0. The highest BCUT2D eigenvalue weighted by atomic mass is 19.1. The maximum atomic E-state index is 14.2. The second-order valence-electron chi connectivity index (χ2n) is 7.42. The van der Waals surface area contributed by atoms with Gasteiger partial charge in [-0.15, -0.1) is 0 Å². The molecule has 6 heteroatoms. The van der Waals surface area contributed by atoms with E-state index in [1.165, 1.54) is 24.3 Å². The van der Waals surface area contributed by atoms with Crippen LogP contribution in [0.3, 0.4) is 0 Å². The smallest absolute Gasteiger partial charge is 0.318 e. The second kappa shape index (κ2) is 7.72. The third kappa shape index (κ3) is 3.46. The Kier molecular flexibility index (Phi) is 4.75. The number of anilines is 1. The lowest BCUT2D eigenvalue weighted by Crippen LogP contribution is -2.38. The summed E-state index contributed by atoms with van der Waals surface area (Å²) in [6.07, 6.45) is 1.95. The highest BCUT2D eigenvalue weighted by Gasteiger charge is 2.33.